The van der Waals surface area contributed by atoms with Crippen molar-refractivity contribution in [2.24, 2.45) is 0 Å². The van der Waals surface area contributed by atoms with E-state index in [2.05, 4.69) is 19.9 Å². The first-order valence-electron chi connectivity index (χ1n) is 6.80. The molecule has 1 aromatic carbocycles. The molecule has 0 saturated carbocycles. The van der Waals surface area contributed by atoms with Crippen molar-refractivity contribution in [3.63, 3.8) is 0 Å². The fourth-order valence-corrected chi connectivity index (χ4v) is 2.66. The van der Waals surface area contributed by atoms with Crippen molar-refractivity contribution in [3.05, 3.63) is 29.3 Å². The summed E-state index contributed by atoms with van der Waals surface area (Å²) in [5.74, 6) is 1.29. The standard InChI is InChI=1S/C16H24O3/c1-11(2)13-8-12(6-7-14(13)18-5)16(9-19-10-16)15(3,4)17/h6-8,11,17H,9-10H2,1-5H3. The molecule has 0 aliphatic carbocycles. The molecule has 1 aliphatic heterocycles. The van der Waals surface area contributed by atoms with Crippen LogP contribution in [0.2, 0.25) is 0 Å². The average molecular weight is 264 g/mol. The third kappa shape index (κ3) is 2.26. The van der Waals surface area contributed by atoms with E-state index in [4.69, 9.17) is 9.47 Å². The minimum absolute atomic E-state index is 0.303. The molecule has 1 fully saturated rings. The van der Waals surface area contributed by atoms with Crippen LogP contribution in [0, 0.1) is 0 Å². The fourth-order valence-electron chi connectivity index (χ4n) is 2.66. The van der Waals surface area contributed by atoms with Gasteiger partial charge in [-0.2, -0.15) is 0 Å². The Hall–Kier alpha value is -1.06. The highest BCUT2D eigenvalue weighted by atomic mass is 16.5. The number of hydrogen-bond donors (Lipinski definition) is 1. The molecule has 1 aliphatic rings. The van der Waals surface area contributed by atoms with Gasteiger partial charge in [0, 0.05) is 0 Å². The minimum Gasteiger partial charge on any atom is -0.496 e. The highest BCUT2D eigenvalue weighted by Crippen LogP contribution is 2.43. The molecule has 19 heavy (non-hydrogen) atoms. The van der Waals surface area contributed by atoms with Crippen LogP contribution in [0.5, 0.6) is 5.75 Å². The van der Waals surface area contributed by atoms with E-state index >= 15 is 0 Å². The predicted molar refractivity (Wildman–Crippen MR) is 75.9 cm³/mol. The van der Waals surface area contributed by atoms with Crippen molar-refractivity contribution >= 4 is 0 Å². The van der Waals surface area contributed by atoms with E-state index < -0.39 is 5.60 Å². The van der Waals surface area contributed by atoms with Crippen molar-refractivity contribution in [1.82, 2.24) is 0 Å². The SMILES string of the molecule is COc1ccc(C2(C(C)(C)O)COC2)cc1C(C)C. The smallest absolute Gasteiger partial charge is 0.122 e. The summed E-state index contributed by atoms with van der Waals surface area (Å²) in [4.78, 5) is 0. The third-order valence-electron chi connectivity index (χ3n) is 4.27. The Morgan fingerprint density at radius 2 is 1.95 bits per heavy atom. The summed E-state index contributed by atoms with van der Waals surface area (Å²) in [5, 5.41) is 10.5. The summed E-state index contributed by atoms with van der Waals surface area (Å²) >= 11 is 0. The van der Waals surface area contributed by atoms with Gasteiger partial charge in [0.25, 0.3) is 0 Å². The normalized spacial score (nSPS) is 18.3. The number of benzene rings is 1. The molecule has 0 spiro atoms. The van der Waals surface area contributed by atoms with Crippen LogP contribution in [-0.4, -0.2) is 31.0 Å². The number of methoxy groups -OCH3 is 1. The zero-order valence-electron chi connectivity index (χ0n) is 12.5. The van der Waals surface area contributed by atoms with Crippen LogP contribution in [-0.2, 0) is 10.2 Å². The average Bonchev–Trinajstić information content (AvgIpc) is 2.25. The van der Waals surface area contributed by atoms with Crippen molar-refractivity contribution in [1.29, 1.82) is 0 Å². The van der Waals surface area contributed by atoms with Crippen molar-refractivity contribution in [2.75, 3.05) is 20.3 Å². The van der Waals surface area contributed by atoms with E-state index in [9.17, 15) is 5.11 Å². The van der Waals surface area contributed by atoms with Gasteiger partial charge < -0.3 is 14.6 Å². The Kier molecular flexibility index (Phi) is 3.63. The molecule has 1 N–H and O–H groups in total. The van der Waals surface area contributed by atoms with Crippen LogP contribution in [0.3, 0.4) is 0 Å². The molecule has 0 bridgehead atoms. The first-order chi connectivity index (χ1) is 8.82. The molecule has 0 unspecified atom stereocenters. The van der Waals surface area contributed by atoms with Crippen LogP contribution in [0.25, 0.3) is 0 Å². The molecule has 106 valence electrons. The van der Waals surface area contributed by atoms with E-state index in [1.165, 1.54) is 5.56 Å². The molecule has 0 aromatic heterocycles. The molecule has 3 heteroatoms. The van der Waals surface area contributed by atoms with E-state index in [1.807, 2.05) is 26.0 Å². The molecule has 0 atom stereocenters. The van der Waals surface area contributed by atoms with E-state index in [1.54, 1.807) is 7.11 Å². The molecule has 1 heterocycles. The lowest BCUT2D eigenvalue weighted by atomic mass is 9.67. The predicted octanol–water partition coefficient (Wildman–Crippen LogP) is 2.86. The third-order valence-corrected chi connectivity index (χ3v) is 4.27. The summed E-state index contributed by atoms with van der Waals surface area (Å²) in [7, 11) is 1.69. The second kappa shape index (κ2) is 4.80. The lowest BCUT2D eigenvalue weighted by molar-refractivity contribution is -0.157. The zero-order valence-corrected chi connectivity index (χ0v) is 12.5. The highest BCUT2D eigenvalue weighted by Gasteiger charge is 2.51. The highest BCUT2D eigenvalue weighted by molar-refractivity contribution is 5.44. The van der Waals surface area contributed by atoms with Crippen LogP contribution in [0.4, 0.5) is 0 Å². The van der Waals surface area contributed by atoms with Gasteiger partial charge in [0.15, 0.2) is 0 Å². The van der Waals surface area contributed by atoms with Gasteiger partial charge in [-0.25, -0.2) is 0 Å². The molecule has 2 rings (SSSR count). The summed E-state index contributed by atoms with van der Waals surface area (Å²) in [6.45, 7) is 9.15. The quantitative estimate of drug-likeness (QED) is 0.909. The topological polar surface area (TPSA) is 38.7 Å². The van der Waals surface area contributed by atoms with Crippen LogP contribution >= 0.6 is 0 Å². The number of rotatable bonds is 4. The summed E-state index contributed by atoms with van der Waals surface area (Å²) in [6.07, 6.45) is 0. The Balaban J connectivity index is 2.49. The summed E-state index contributed by atoms with van der Waals surface area (Å²) in [6, 6.07) is 6.20. The van der Waals surface area contributed by atoms with Gasteiger partial charge in [0.2, 0.25) is 0 Å². The number of ether oxygens (including phenoxy) is 2. The minimum atomic E-state index is -0.798. The van der Waals surface area contributed by atoms with Crippen LogP contribution < -0.4 is 4.74 Å². The number of hydrogen-bond acceptors (Lipinski definition) is 3. The van der Waals surface area contributed by atoms with E-state index in [0.29, 0.717) is 19.1 Å². The maximum atomic E-state index is 10.5. The van der Waals surface area contributed by atoms with Gasteiger partial charge in [-0.05, 0) is 37.0 Å². The summed E-state index contributed by atoms with van der Waals surface area (Å²) in [5.41, 5.74) is 1.21. The first-order valence-corrected chi connectivity index (χ1v) is 6.80. The molecule has 1 saturated heterocycles. The van der Waals surface area contributed by atoms with Gasteiger partial charge in [-0.1, -0.05) is 26.0 Å². The van der Waals surface area contributed by atoms with Crippen LogP contribution in [0.15, 0.2) is 18.2 Å². The van der Waals surface area contributed by atoms with Gasteiger partial charge in [0.1, 0.15) is 5.75 Å². The Bertz CT molecular complexity index is 454. The van der Waals surface area contributed by atoms with Crippen molar-refractivity contribution < 1.29 is 14.6 Å². The molecule has 0 amide bonds. The van der Waals surface area contributed by atoms with Gasteiger partial charge in [0.05, 0.1) is 31.3 Å². The molecular formula is C16H24O3. The lowest BCUT2D eigenvalue weighted by Crippen LogP contribution is -2.60. The van der Waals surface area contributed by atoms with E-state index in [-0.39, 0.29) is 5.41 Å². The Morgan fingerprint density at radius 1 is 1.32 bits per heavy atom. The maximum absolute atomic E-state index is 10.5. The largest absolute Gasteiger partial charge is 0.496 e. The molecule has 3 nitrogen and oxygen atoms in total. The monoisotopic (exact) mass is 264 g/mol. The van der Waals surface area contributed by atoms with Gasteiger partial charge >= 0.3 is 0 Å². The fraction of sp³-hybridized carbons (Fsp3) is 0.625. The first kappa shape index (κ1) is 14.4. The Morgan fingerprint density at radius 3 is 2.32 bits per heavy atom. The maximum Gasteiger partial charge on any atom is 0.122 e. The van der Waals surface area contributed by atoms with Gasteiger partial charge in [-0.3, -0.25) is 0 Å². The summed E-state index contributed by atoms with van der Waals surface area (Å²) < 4.78 is 10.8. The molecular weight excluding hydrogens is 240 g/mol. The van der Waals surface area contributed by atoms with Crippen LogP contribution in [0.1, 0.15) is 44.7 Å². The zero-order chi connectivity index (χ0) is 14.3. The number of aliphatic hydroxyl groups is 1. The van der Waals surface area contributed by atoms with E-state index in [0.717, 1.165) is 11.3 Å². The van der Waals surface area contributed by atoms with Gasteiger partial charge in [-0.15, -0.1) is 0 Å². The second-order valence-electron chi connectivity index (χ2n) is 6.25. The van der Waals surface area contributed by atoms with Crippen molar-refractivity contribution in [2.45, 2.75) is 44.6 Å². The second-order valence-corrected chi connectivity index (χ2v) is 6.25. The van der Waals surface area contributed by atoms with Crippen molar-refractivity contribution in [3.8, 4) is 5.75 Å². The molecule has 1 aromatic rings. The Labute approximate surface area is 115 Å². The lowest BCUT2D eigenvalue weighted by Gasteiger charge is -2.50. The molecule has 0 radical (unpaired) electrons.